The van der Waals surface area contributed by atoms with Crippen LogP contribution in [0.4, 0.5) is 0 Å². The monoisotopic (exact) mass is 682 g/mol. The maximum absolute atomic E-state index is 13.4. The molecule has 5 atom stereocenters. The number of hydrogen-bond acceptors (Lipinski definition) is 7. The predicted molar refractivity (Wildman–Crippen MR) is 196 cm³/mol. The number of fused-ring (bicyclic) bond motifs is 1. The molecule has 0 radical (unpaired) electrons. The van der Waals surface area contributed by atoms with E-state index in [0.29, 0.717) is 37.6 Å². The second-order valence-corrected chi connectivity index (χ2v) is 12.8. The van der Waals surface area contributed by atoms with Crippen molar-refractivity contribution >= 4 is 11.0 Å². The van der Waals surface area contributed by atoms with Gasteiger partial charge in [0.15, 0.2) is 0 Å². The van der Waals surface area contributed by atoms with Gasteiger partial charge in [-0.1, -0.05) is 140 Å². The van der Waals surface area contributed by atoms with E-state index in [1.165, 1.54) is 0 Å². The van der Waals surface area contributed by atoms with Gasteiger partial charge in [0.2, 0.25) is 0 Å². The second-order valence-electron chi connectivity index (χ2n) is 12.8. The lowest BCUT2D eigenvalue weighted by molar-refractivity contribution is -0.272. The fourth-order valence-electron chi connectivity index (χ4n) is 6.51. The molecule has 1 fully saturated rings. The lowest BCUT2D eigenvalue weighted by atomic mass is 9.90. The molecule has 7 heteroatoms. The first-order valence-corrected chi connectivity index (χ1v) is 17.4. The second kappa shape index (κ2) is 17.4. The molecular weight excluding hydrogens is 640 g/mol. The van der Waals surface area contributed by atoms with Gasteiger partial charge in [-0.3, -0.25) is 0 Å². The van der Waals surface area contributed by atoms with Crippen molar-refractivity contribution in [2.24, 2.45) is 0 Å². The Morgan fingerprint density at radius 2 is 0.941 bits per heavy atom. The van der Waals surface area contributed by atoms with E-state index in [2.05, 4.69) is 0 Å². The van der Waals surface area contributed by atoms with Crippen LogP contribution < -0.4 is 5.63 Å². The quantitative estimate of drug-likeness (QED) is 0.101. The van der Waals surface area contributed by atoms with Crippen LogP contribution in [0.3, 0.4) is 0 Å². The Balaban J connectivity index is 1.24. The van der Waals surface area contributed by atoms with Gasteiger partial charge >= 0.3 is 5.63 Å². The first-order valence-electron chi connectivity index (χ1n) is 17.4. The molecule has 7 nitrogen and oxygen atoms in total. The van der Waals surface area contributed by atoms with Crippen LogP contribution in [0.1, 0.15) is 27.8 Å². The van der Waals surface area contributed by atoms with Crippen molar-refractivity contribution in [2.75, 3.05) is 6.61 Å². The van der Waals surface area contributed by atoms with Crippen LogP contribution in [0.2, 0.25) is 0 Å². The molecule has 0 spiro atoms. The molecule has 1 aliphatic heterocycles. The smallest absolute Gasteiger partial charge is 0.339 e. The first kappa shape index (κ1) is 34.6. The average Bonchev–Trinajstić information content (AvgIpc) is 3.18. The summed E-state index contributed by atoms with van der Waals surface area (Å²) in [6.45, 7) is 1.66. The standard InChI is InChI=1S/C44H42O7/c45-44-37(25-36-23-13-14-24-38(36)51-44)26-39-41(47-28-33-17-7-2-8-18-33)43(49-30-35-21-11-4-12-22-35)42(48-29-34-19-9-3-10-20-34)40(50-39)31-46-27-32-15-5-1-6-16-32/h1-25,39-43H,26-31H2/t39-,40-,41-,42-,43-/m1/s1. The molecule has 5 aromatic carbocycles. The number of rotatable bonds is 15. The Labute approximate surface area is 298 Å². The minimum absolute atomic E-state index is 0.244. The zero-order chi connectivity index (χ0) is 34.7. The van der Waals surface area contributed by atoms with Gasteiger partial charge in [0, 0.05) is 17.4 Å². The zero-order valence-electron chi connectivity index (χ0n) is 28.4. The highest BCUT2D eigenvalue weighted by Gasteiger charge is 2.48. The van der Waals surface area contributed by atoms with Crippen molar-refractivity contribution < 1.29 is 28.1 Å². The Bertz CT molecular complexity index is 1980. The molecule has 0 bridgehead atoms. The number of benzene rings is 5. The van der Waals surface area contributed by atoms with E-state index >= 15 is 0 Å². The number of para-hydroxylation sites is 1. The summed E-state index contributed by atoms with van der Waals surface area (Å²) in [5, 5.41) is 0.841. The third-order valence-corrected chi connectivity index (χ3v) is 9.11. The summed E-state index contributed by atoms with van der Waals surface area (Å²) in [5.74, 6) is 0. The highest BCUT2D eigenvalue weighted by atomic mass is 16.6. The number of ether oxygens (including phenoxy) is 5. The van der Waals surface area contributed by atoms with Crippen LogP contribution in [0.5, 0.6) is 0 Å². The van der Waals surface area contributed by atoms with E-state index in [-0.39, 0.29) is 13.0 Å². The molecule has 2 heterocycles. The SMILES string of the molecule is O=c1oc2ccccc2cc1C[C@H]1O[C@H](COCc2ccccc2)[C@@H](OCc2ccccc2)[C@H](OCc2ccccc2)[C@@H]1OCc1ccccc1. The van der Waals surface area contributed by atoms with Crippen molar-refractivity contribution in [1.82, 2.24) is 0 Å². The van der Waals surface area contributed by atoms with Crippen LogP contribution in [-0.2, 0) is 56.5 Å². The first-order chi connectivity index (χ1) is 25.2. The van der Waals surface area contributed by atoms with E-state index in [1.807, 2.05) is 146 Å². The molecule has 1 aromatic heterocycles. The molecule has 0 amide bonds. The molecule has 1 saturated heterocycles. The average molecular weight is 683 g/mol. The fraction of sp³-hybridized carbons (Fsp3) is 0.250. The summed E-state index contributed by atoms with van der Waals surface area (Å²) in [7, 11) is 0. The Kier molecular flexibility index (Phi) is 11.8. The molecule has 7 rings (SSSR count). The number of hydrogen-bond donors (Lipinski definition) is 0. The van der Waals surface area contributed by atoms with Crippen molar-refractivity contribution in [3.05, 3.63) is 190 Å². The van der Waals surface area contributed by atoms with E-state index in [9.17, 15) is 4.79 Å². The van der Waals surface area contributed by atoms with Gasteiger partial charge in [-0.25, -0.2) is 4.79 Å². The molecular formula is C44H42O7. The summed E-state index contributed by atoms with van der Waals surface area (Å²) in [4.78, 5) is 13.4. The topological polar surface area (TPSA) is 76.4 Å². The molecule has 51 heavy (non-hydrogen) atoms. The highest BCUT2D eigenvalue weighted by molar-refractivity contribution is 5.76. The van der Waals surface area contributed by atoms with Gasteiger partial charge in [0.05, 0.1) is 39.1 Å². The van der Waals surface area contributed by atoms with Crippen molar-refractivity contribution in [3.8, 4) is 0 Å². The molecule has 0 N–H and O–H groups in total. The highest BCUT2D eigenvalue weighted by Crippen LogP contribution is 2.33. The minimum Gasteiger partial charge on any atom is -0.423 e. The molecule has 0 saturated carbocycles. The summed E-state index contributed by atoms with van der Waals surface area (Å²) in [5.41, 5.74) is 4.76. The van der Waals surface area contributed by atoms with E-state index < -0.39 is 36.1 Å². The summed E-state index contributed by atoms with van der Waals surface area (Å²) in [6, 6.07) is 49.6. The lowest BCUT2D eigenvalue weighted by Gasteiger charge is -2.46. The van der Waals surface area contributed by atoms with Gasteiger partial charge < -0.3 is 28.1 Å². The maximum Gasteiger partial charge on any atom is 0.339 e. The van der Waals surface area contributed by atoms with Gasteiger partial charge in [0.25, 0.3) is 0 Å². The molecule has 260 valence electrons. The van der Waals surface area contributed by atoms with Crippen LogP contribution in [0.25, 0.3) is 11.0 Å². The normalized spacial score (nSPS) is 20.4. The summed E-state index contributed by atoms with van der Waals surface area (Å²) < 4.78 is 39.4. The largest absolute Gasteiger partial charge is 0.423 e. The van der Waals surface area contributed by atoms with Crippen molar-refractivity contribution in [1.29, 1.82) is 0 Å². The Morgan fingerprint density at radius 3 is 1.49 bits per heavy atom. The third-order valence-electron chi connectivity index (χ3n) is 9.11. The molecule has 0 unspecified atom stereocenters. The van der Waals surface area contributed by atoms with Gasteiger partial charge in [-0.2, -0.15) is 0 Å². The molecule has 0 aliphatic carbocycles. The molecule has 6 aromatic rings. The Hall–Kier alpha value is -4.89. The van der Waals surface area contributed by atoms with Crippen molar-refractivity contribution in [2.45, 2.75) is 63.4 Å². The minimum atomic E-state index is -0.606. The van der Waals surface area contributed by atoms with Gasteiger partial charge in [-0.05, 0) is 34.4 Å². The summed E-state index contributed by atoms with van der Waals surface area (Å²) in [6.07, 6.45) is -2.61. The van der Waals surface area contributed by atoms with Gasteiger partial charge in [0.1, 0.15) is 30.0 Å². The van der Waals surface area contributed by atoms with E-state index in [1.54, 1.807) is 6.07 Å². The fourth-order valence-corrected chi connectivity index (χ4v) is 6.51. The van der Waals surface area contributed by atoms with E-state index in [4.69, 9.17) is 28.1 Å². The molecule has 1 aliphatic rings. The summed E-state index contributed by atoms with van der Waals surface area (Å²) >= 11 is 0. The maximum atomic E-state index is 13.4. The van der Waals surface area contributed by atoms with Crippen LogP contribution in [0.15, 0.2) is 161 Å². The Morgan fingerprint density at radius 1 is 0.490 bits per heavy atom. The van der Waals surface area contributed by atoms with Crippen LogP contribution in [-0.4, -0.2) is 37.1 Å². The van der Waals surface area contributed by atoms with Crippen LogP contribution >= 0.6 is 0 Å². The third kappa shape index (κ3) is 9.27. The predicted octanol–water partition coefficient (Wildman–Crippen LogP) is 8.08. The van der Waals surface area contributed by atoms with Gasteiger partial charge in [-0.15, -0.1) is 0 Å². The van der Waals surface area contributed by atoms with Crippen LogP contribution in [0, 0.1) is 0 Å². The zero-order valence-corrected chi connectivity index (χ0v) is 28.4. The lowest BCUT2D eigenvalue weighted by Crippen LogP contribution is -2.61. The van der Waals surface area contributed by atoms with E-state index in [0.717, 1.165) is 27.6 Å². The van der Waals surface area contributed by atoms with Crippen molar-refractivity contribution in [3.63, 3.8) is 0 Å².